The lowest BCUT2D eigenvalue weighted by Gasteiger charge is -2.30. The summed E-state index contributed by atoms with van der Waals surface area (Å²) in [4.78, 5) is 54.3. The maximum atomic E-state index is 14.3. The fraction of sp³-hybridized carbons (Fsp3) is 0.541. The third kappa shape index (κ3) is 6.95. The number of nitrogens with one attached hydrogen (secondary N) is 2. The quantitative estimate of drug-likeness (QED) is 0.300. The number of benzene rings is 1. The highest BCUT2D eigenvalue weighted by atomic mass is 32.2. The van der Waals surface area contributed by atoms with E-state index in [1.165, 1.54) is 28.4 Å². The summed E-state index contributed by atoms with van der Waals surface area (Å²) in [5.74, 6) is -1.59. The first-order chi connectivity index (χ1) is 26.0. The summed E-state index contributed by atoms with van der Waals surface area (Å²) in [5, 5.41) is 5.66. The minimum absolute atomic E-state index is 0.0718. The van der Waals surface area contributed by atoms with Gasteiger partial charge in [-0.05, 0) is 57.4 Å². The number of carbonyl (C=O) groups excluding carboxylic acids is 3. The smallest absolute Gasteiger partial charge is 0.488 e. The number of ether oxygens (including phenoxy) is 3. The SMILES string of the molecule is CC(C)c1csc(-c2cc(O[C@H]3C[C@H]4C(=O)N(C)CCCC/C=C\[C@@H]5C[C@@]5(C(=O)NS(=O)(=O)C5(C)CC5)NC(=O)N4C3)c3cc4c(cc3n2)OC(F)(F)O4)n1. The summed E-state index contributed by atoms with van der Waals surface area (Å²) in [6.45, 7) is 5.97. The Morgan fingerprint density at radius 3 is 2.58 bits per heavy atom. The van der Waals surface area contributed by atoms with Crippen LogP contribution in [0.2, 0.25) is 0 Å². The van der Waals surface area contributed by atoms with E-state index in [1.807, 2.05) is 31.4 Å². The highest BCUT2D eigenvalue weighted by molar-refractivity contribution is 7.91. The van der Waals surface area contributed by atoms with Crippen molar-refractivity contribution in [1.82, 2.24) is 29.8 Å². The Labute approximate surface area is 320 Å². The Hall–Kier alpha value is -4.58. The Bertz CT molecular complexity index is 2230. The molecule has 1 saturated heterocycles. The van der Waals surface area contributed by atoms with Crippen molar-refractivity contribution in [2.75, 3.05) is 20.1 Å². The van der Waals surface area contributed by atoms with Gasteiger partial charge in [-0.25, -0.2) is 23.2 Å². The second-order valence-corrected chi connectivity index (χ2v) is 18.7. The Morgan fingerprint density at radius 1 is 1.13 bits per heavy atom. The number of hydrogen-bond donors (Lipinski definition) is 2. The van der Waals surface area contributed by atoms with Crippen molar-refractivity contribution >= 4 is 50.1 Å². The number of alkyl halides is 2. The van der Waals surface area contributed by atoms with Crippen LogP contribution in [0.25, 0.3) is 21.6 Å². The van der Waals surface area contributed by atoms with Crippen LogP contribution >= 0.6 is 11.3 Å². The number of nitrogens with zero attached hydrogens (tertiary/aromatic N) is 4. The molecule has 2 N–H and O–H groups in total. The van der Waals surface area contributed by atoms with E-state index in [1.54, 1.807) is 24.9 Å². The fourth-order valence-corrected chi connectivity index (χ4v) is 9.55. The van der Waals surface area contributed by atoms with E-state index < -0.39 is 56.6 Å². The molecule has 18 heteroatoms. The average molecular weight is 801 g/mol. The van der Waals surface area contributed by atoms with E-state index in [2.05, 4.69) is 10.0 Å². The molecule has 55 heavy (non-hydrogen) atoms. The van der Waals surface area contributed by atoms with Gasteiger partial charge in [0.05, 0.1) is 22.5 Å². The van der Waals surface area contributed by atoms with Gasteiger partial charge in [0.2, 0.25) is 15.9 Å². The van der Waals surface area contributed by atoms with E-state index in [9.17, 15) is 31.6 Å². The van der Waals surface area contributed by atoms with Crippen molar-refractivity contribution < 1.29 is 45.8 Å². The number of fused-ring (bicyclic) bond motifs is 4. The van der Waals surface area contributed by atoms with Gasteiger partial charge >= 0.3 is 12.3 Å². The highest BCUT2D eigenvalue weighted by Gasteiger charge is 2.63. The lowest BCUT2D eigenvalue weighted by molar-refractivity contribution is -0.286. The van der Waals surface area contributed by atoms with Crippen LogP contribution in [0.1, 0.15) is 77.3 Å². The van der Waals surface area contributed by atoms with Gasteiger partial charge in [-0.15, -0.1) is 20.1 Å². The maximum Gasteiger partial charge on any atom is 0.586 e. The molecule has 3 aliphatic heterocycles. The van der Waals surface area contributed by atoms with Crippen molar-refractivity contribution in [2.24, 2.45) is 5.92 Å². The van der Waals surface area contributed by atoms with Crippen molar-refractivity contribution in [3.63, 3.8) is 0 Å². The molecule has 2 aliphatic carbocycles. The van der Waals surface area contributed by atoms with Gasteiger partial charge in [0.25, 0.3) is 5.91 Å². The predicted octanol–water partition coefficient (Wildman–Crippen LogP) is 5.29. The monoisotopic (exact) mass is 800 g/mol. The van der Waals surface area contributed by atoms with Crippen molar-refractivity contribution in [1.29, 1.82) is 0 Å². The van der Waals surface area contributed by atoms with Crippen LogP contribution < -0.4 is 24.2 Å². The summed E-state index contributed by atoms with van der Waals surface area (Å²) in [7, 11) is -2.32. The van der Waals surface area contributed by atoms with Crippen LogP contribution in [0.3, 0.4) is 0 Å². The third-order valence-electron chi connectivity index (χ3n) is 11.2. The van der Waals surface area contributed by atoms with E-state index in [-0.39, 0.29) is 54.0 Å². The van der Waals surface area contributed by atoms with Gasteiger partial charge in [0, 0.05) is 48.8 Å². The number of carbonyl (C=O) groups is 3. The van der Waals surface area contributed by atoms with Crippen LogP contribution in [0, 0.1) is 5.92 Å². The van der Waals surface area contributed by atoms with E-state index in [4.69, 9.17) is 24.2 Å². The molecule has 0 radical (unpaired) electrons. The molecule has 0 unspecified atom stereocenters. The number of urea groups is 1. The summed E-state index contributed by atoms with van der Waals surface area (Å²) in [5.41, 5.74) is 0.0196. The third-order valence-corrected chi connectivity index (χ3v) is 14.2. The Balaban J connectivity index is 1.12. The summed E-state index contributed by atoms with van der Waals surface area (Å²) >= 11 is 1.37. The zero-order valence-electron chi connectivity index (χ0n) is 30.8. The highest BCUT2D eigenvalue weighted by Crippen LogP contribution is 2.48. The maximum absolute atomic E-state index is 14.3. The number of thiazole rings is 1. The van der Waals surface area contributed by atoms with Gasteiger partial charge in [-0.1, -0.05) is 26.0 Å². The number of likely N-dealkylation sites (N-methyl/N-ethyl adjacent to an activating group) is 1. The normalized spacial score (nSPS) is 27.6. The van der Waals surface area contributed by atoms with Crippen LogP contribution in [0.5, 0.6) is 17.2 Å². The molecule has 2 saturated carbocycles. The van der Waals surface area contributed by atoms with Gasteiger partial charge < -0.3 is 29.3 Å². The van der Waals surface area contributed by atoms with Crippen molar-refractivity contribution in [3.8, 4) is 28.0 Å². The molecule has 5 heterocycles. The van der Waals surface area contributed by atoms with Crippen molar-refractivity contribution in [2.45, 2.75) is 100 Å². The lowest BCUT2D eigenvalue weighted by Crippen LogP contribution is -2.58. The van der Waals surface area contributed by atoms with Gasteiger partial charge in [-0.3, -0.25) is 14.3 Å². The predicted molar refractivity (Wildman–Crippen MR) is 197 cm³/mol. The van der Waals surface area contributed by atoms with Crippen LogP contribution in [-0.4, -0.2) is 94.9 Å². The summed E-state index contributed by atoms with van der Waals surface area (Å²) < 4.78 is 71.7. The molecule has 1 aromatic carbocycles. The first-order valence-electron chi connectivity index (χ1n) is 18.4. The molecule has 3 fully saturated rings. The number of pyridine rings is 1. The molecular weight excluding hydrogens is 759 g/mol. The first-order valence-corrected chi connectivity index (χ1v) is 20.8. The van der Waals surface area contributed by atoms with Crippen LogP contribution in [0.4, 0.5) is 13.6 Å². The molecule has 3 aromatic rings. The van der Waals surface area contributed by atoms with E-state index in [0.29, 0.717) is 48.3 Å². The number of aromatic nitrogens is 2. The first kappa shape index (κ1) is 37.3. The molecule has 2 aromatic heterocycles. The number of sulfonamides is 1. The van der Waals surface area contributed by atoms with Crippen LogP contribution in [0.15, 0.2) is 35.7 Å². The van der Waals surface area contributed by atoms with Gasteiger partial charge in [0.15, 0.2) is 11.5 Å². The zero-order chi connectivity index (χ0) is 39.1. The molecule has 294 valence electrons. The molecule has 0 bridgehead atoms. The lowest BCUT2D eigenvalue weighted by atomic mass is 10.1. The number of halogens is 2. The second-order valence-electron chi connectivity index (χ2n) is 15.6. The standard InChI is InChI=1S/C37H42F2N6O8S2/c1-20(2)26-19-54-31(41-26)25-16-28(23-14-29-30(15-24(23)40-25)53-37(38,39)52-29)51-22-13-27-32(46)44(4)12-8-6-5-7-9-21-17-36(21,42-34(48)45(27)18-22)33(47)43-55(49,50)35(3)10-11-35/h7,9,14-16,19-22,27H,5-6,8,10-13,17-18H2,1-4H3,(H,42,48)(H,43,47)/b9-7-/t21-,22+,27+,36-/m1/s1. The summed E-state index contributed by atoms with van der Waals surface area (Å²) in [6, 6.07) is 2.64. The molecule has 4 atom stereocenters. The molecule has 0 spiro atoms. The Kier molecular flexibility index (Phi) is 9.02. The van der Waals surface area contributed by atoms with Gasteiger partial charge in [-0.2, -0.15) is 0 Å². The average Bonchev–Trinajstić information content (AvgIpc) is 3.81. The minimum atomic E-state index is -3.99. The second kappa shape index (κ2) is 13.3. The number of amides is 4. The fourth-order valence-electron chi connectivity index (χ4n) is 7.30. The zero-order valence-corrected chi connectivity index (χ0v) is 32.4. The van der Waals surface area contributed by atoms with Crippen LogP contribution in [-0.2, 0) is 19.6 Å². The number of rotatable bonds is 7. The molecule has 5 aliphatic rings. The number of allylic oxidation sites excluding steroid dienone is 1. The molecular formula is C37H42F2N6O8S2. The van der Waals surface area contributed by atoms with E-state index >= 15 is 0 Å². The molecule has 8 rings (SSSR count). The molecule has 14 nitrogen and oxygen atoms in total. The molecule has 4 amide bonds. The van der Waals surface area contributed by atoms with E-state index in [0.717, 1.165) is 12.1 Å². The topological polar surface area (TPSA) is 169 Å². The van der Waals surface area contributed by atoms with Gasteiger partial charge in [0.1, 0.15) is 34.1 Å². The minimum Gasteiger partial charge on any atom is -0.488 e. The number of hydrogen-bond acceptors (Lipinski definition) is 11. The summed E-state index contributed by atoms with van der Waals surface area (Å²) in [6.07, 6.45) is 2.42. The Morgan fingerprint density at radius 2 is 1.87 bits per heavy atom. The largest absolute Gasteiger partial charge is 0.586 e. The van der Waals surface area contributed by atoms with Crippen molar-refractivity contribution in [3.05, 3.63) is 41.4 Å².